The van der Waals surface area contributed by atoms with Crippen LogP contribution in [0.4, 0.5) is 0 Å². The second-order valence-corrected chi connectivity index (χ2v) is 6.10. The Bertz CT molecular complexity index is 572. The van der Waals surface area contributed by atoms with Crippen molar-refractivity contribution in [2.24, 2.45) is 5.92 Å². The van der Waals surface area contributed by atoms with Crippen LogP contribution in [-0.2, 0) is 27.2 Å². The lowest BCUT2D eigenvalue weighted by Gasteiger charge is -2.34. The Morgan fingerprint density at radius 2 is 2.05 bits per heavy atom. The fourth-order valence-corrected chi connectivity index (χ4v) is 3.42. The number of hydrogen-bond donors (Lipinski definition) is 1. The van der Waals surface area contributed by atoms with Gasteiger partial charge in [0.25, 0.3) is 0 Å². The molecule has 2 atom stereocenters. The molecule has 3 rings (SSSR count). The van der Waals surface area contributed by atoms with Gasteiger partial charge in [0.05, 0.1) is 13.2 Å². The van der Waals surface area contributed by atoms with Crippen LogP contribution in [0, 0.1) is 5.92 Å². The maximum Gasteiger partial charge on any atom is 0.328 e. The minimum Gasteiger partial charge on any atom is -0.480 e. The topological polar surface area (TPSA) is 66.8 Å². The van der Waals surface area contributed by atoms with Gasteiger partial charge in [-0.05, 0) is 36.3 Å². The highest BCUT2D eigenvalue weighted by Gasteiger charge is 2.34. The molecule has 1 aliphatic carbocycles. The van der Waals surface area contributed by atoms with E-state index < -0.39 is 12.0 Å². The summed E-state index contributed by atoms with van der Waals surface area (Å²) in [4.78, 5) is 25.2. The van der Waals surface area contributed by atoms with Crippen LogP contribution in [0.1, 0.15) is 24.0 Å². The third-order valence-corrected chi connectivity index (χ3v) is 4.65. The van der Waals surface area contributed by atoms with Crippen molar-refractivity contribution < 1.29 is 19.4 Å². The highest BCUT2D eigenvalue weighted by atomic mass is 16.5. The maximum absolute atomic E-state index is 12.5. The van der Waals surface area contributed by atoms with E-state index in [4.69, 9.17) is 4.74 Å². The summed E-state index contributed by atoms with van der Waals surface area (Å²) in [6.07, 6.45) is 3.33. The summed E-state index contributed by atoms with van der Waals surface area (Å²) in [6, 6.07) is 7.52. The average molecular weight is 303 g/mol. The van der Waals surface area contributed by atoms with Crippen molar-refractivity contribution in [2.45, 2.75) is 31.7 Å². The molecule has 0 spiro atoms. The first-order chi connectivity index (χ1) is 10.6. The van der Waals surface area contributed by atoms with Gasteiger partial charge in [-0.25, -0.2) is 4.79 Å². The number of carbonyl (C=O) groups excluding carboxylic acids is 1. The quantitative estimate of drug-likeness (QED) is 0.919. The molecule has 5 heteroatoms. The van der Waals surface area contributed by atoms with Crippen molar-refractivity contribution in [1.82, 2.24) is 4.90 Å². The molecule has 0 saturated carbocycles. The third-order valence-electron chi connectivity index (χ3n) is 4.65. The minimum absolute atomic E-state index is 0.0555. The molecule has 1 aromatic rings. The second kappa shape index (κ2) is 6.48. The van der Waals surface area contributed by atoms with Gasteiger partial charge < -0.3 is 14.7 Å². The molecule has 0 bridgehead atoms. The van der Waals surface area contributed by atoms with Crippen LogP contribution < -0.4 is 0 Å². The SMILES string of the molecule is O=C(O)[C@H]1COCCN1C(=O)C[C@@H]1CCc2ccccc2C1. The summed E-state index contributed by atoms with van der Waals surface area (Å²) < 4.78 is 5.19. The fourth-order valence-electron chi connectivity index (χ4n) is 3.42. The van der Waals surface area contributed by atoms with E-state index in [2.05, 4.69) is 18.2 Å². The molecular weight excluding hydrogens is 282 g/mol. The van der Waals surface area contributed by atoms with Crippen LogP contribution in [-0.4, -0.2) is 47.7 Å². The van der Waals surface area contributed by atoms with E-state index in [1.807, 2.05) is 6.07 Å². The van der Waals surface area contributed by atoms with E-state index in [1.165, 1.54) is 16.0 Å². The summed E-state index contributed by atoms with van der Waals surface area (Å²) >= 11 is 0. The number of fused-ring (bicyclic) bond motifs is 1. The smallest absolute Gasteiger partial charge is 0.328 e. The first-order valence-corrected chi connectivity index (χ1v) is 7.82. The van der Waals surface area contributed by atoms with E-state index in [0.29, 0.717) is 25.5 Å². The highest BCUT2D eigenvalue weighted by molar-refractivity contribution is 5.84. The normalized spacial score (nSPS) is 24.6. The van der Waals surface area contributed by atoms with Gasteiger partial charge in [-0.3, -0.25) is 4.79 Å². The Labute approximate surface area is 129 Å². The van der Waals surface area contributed by atoms with E-state index in [0.717, 1.165) is 19.3 Å². The number of amides is 1. The minimum atomic E-state index is -0.984. The van der Waals surface area contributed by atoms with Gasteiger partial charge in [-0.2, -0.15) is 0 Å². The molecule has 0 unspecified atom stereocenters. The first-order valence-electron chi connectivity index (χ1n) is 7.82. The van der Waals surface area contributed by atoms with Crippen LogP contribution >= 0.6 is 0 Å². The van der Waals surface area contributed by atoms with Crippen LogP contribution in [0.15, 0.2) is 24.3 Å². The molecule has 1 saturated heterocycles. The third kappa shape index (κ3) is 3.14. The molecule has 22 heavy (non-hydrogen) atoms. The van der Waals surface area contributed by atoms with Crippen LogP contribution in [0.5, 0.6) is 0 Å². The Hall–Kier alpha value is -1.88. The number of rotatable bonds is 3. The zero-order valence-electron chi connectivity index (χ0n) is 12.5. The van der Waals surface area contributed by atoms with Crippen LogP contribution in [0.2, 0.25) is 0 Å². The van der Waals surface area contributed by atoms with Gasteiger partial charge in [0.15, 0.2) is 6.04 Å². The van der Waals surface area contributed by atoms with Gasteiger partial charge in [0.1, 0.15) is 0 Å². The Balaban J connectivity index is 1.63. The van der Waals surface area contributed by atoms with Gasteiger partial charge in [0, 0.05) is 13.0 Å². The largest absolute Gasteiger partial charge is 0.480 e. The van der Waals surface area contributed by atoms with Gasteiger partial charge >= 0.3 is 5.97 Å². The van der Waals surface area contributed by atoms with Gasteiger partial charge in [-0.1, -0.05) is 24.3 Å². The number of carboxylic acids is 1. The monoisotopic (exact) mass is 303 g/mol. The summed E-state index contributed by atoms with van der Waals surface area (Å²) in [5.41, 5.74) is 2.70. The number of benzene rings is 1. The van der Waals surface area contributed by atoms with E-state index in [1.54, 1.807) is 0 Å². The van der Waals surface area contributed by atoms with Crippen molar-refractivity contribution in [2.75, 3.05) is 19.8 Å². The molecule has 0 radical (unpaired) electrons. The number of carboxylic acid groups (broad SMARTS) is 1. The Morgan fingerprint density at radius 3 is 2.82 bits per heavy atom. The predicted molar refractivity (Wildman–Crippen MR) is 80.5 cm³/mol. The molecule has 1 aliphatic heterocycles. The Kier molecular flexibility index (Phi) is 4.43. The number of hydrogen-bond acceptors (Lipinski definition) is 3. The molecule has 1 aromatic carbocycles. The lowest BCUT2D eigenvalue weighted by atomic mass is 9.82. The zero-order chi connectivity index (χ0) is 15.5. The number of ether oxygens (including phenoxy) is 1. The lowest BCUT2D eigenvalue weighted by molar-refractivity contribution is -0.158. The molecular formula is C17H21NO4. The number of aryl methyl sites for hydroxylation is 1. The van der Waals surface area contributed by atoms with Crippen molar-refractivity contribution in [3.05, 3.63) is 35.4 Å². The fraction of sp³-hybridized carbons (Fsp3) is 0.529. The lowest BCUT2D eigenvalue weighted by Crippen LogP contribution is -2.53. The van der Waals surface area contributed by atoms with Gasteiger partial charge in [0.2, 0.25) is 5.91 Å². The second-order valence-electron chi connectivity index (χ2n) is 6.10. The number of nitrogens with zero attached hydrogens (tertiary/aromatic N) is 1. The maximum atomic E-state index is 12.5. The molecule has 1 N–H and O–H groups in total. The number of carbonyl (C=O) groups is 2. The van der Waals surface area contributed by atoms with E-state index in [-0.39, 0.29) is 12.5 Å². The summed E-state index contributed by atoms with van der Waals surface area (Å²) in [6.45, 7) is 0.886. The van der Waals surface area contributed by atoms with E-state index >= 15 is 0 Å². The average Bonchev–Trinajstić information content (AvgIpc) is 2.54. The van der Waals surface area contributed by atoms with Crippen molar-refractivity contribution in [3.8, 4) is 0 Å². The van der Waals surface area contributed by atoms with Crippen molar-refractivity contribution in [3.63, 3.8) is 0 Å². The summed E-state index contributed by atoms with van der Waals surface area (Å²) in [5.74, 6) is -0.734. The molecule has 118 valence electrons. The molecule has 2 aliphatic rings. The predicted octanol–water partition coefficient (Wildman–Crippen LogP) is 1.49. The number of morpholine rings is 1. The molecule has 1 amide bonds. The molecule has 1 heterocycles. The zero-order valence-corrected chi connectivity index (χ0v) is 12.5. The highest BCUT2D eigenvalue weighted by Crippen LogP contribution is 2.28. The van der Waals surface area contributed by atoms with Crippen molar-refractivity contribution >= 4 is 11.9 Å². The van der Waals surface area contributed by atoms with Crippen molar-refractivity contribution in [1.29, 1.82) is 0 Å². The standard InChI is InChI=1S/C17H21NO4/c19-16(18-7-8-22-11-15(18)17(20)21)10-12-5-6-13-3-1-2-4-14(13)9-12/h1-4,12,15H,5-11H2,(H,20,21)/t12-,15-/m1/s1. The summed E-state index contributed by atoms with van der Waals surface area (Å²) in [5, 5.41) is 9.22. The van der Waals surface area contributed by atoms with Gasteiger partial charge in [-0.15, -0.1) is 0 Å². The van der Waals surface area contributed by atoms with E-state index in [9.17, 15) is 14.7 Å². The van der Waals surface area contributed by atoms with Crippen LogP contribution in [0.25, 0.3) is 0 Å². The molecule has 0 aromatic heterocycles. The van der Waals surface area contributed by atoms with Crippen LogP contribution in [0.3, 0.4) is 0 Å². The summed E-state index contributed by atoms with van der Waals surface area (Å²) in [7, 11) is 0. The first kappa shape index (κ1) is 15.0. The Morgan fingerprint density at radius 1 is 1.27 bits per heavy atom. The molecule has 1 fully saturated rings. The number of aliphatic carboxylic acids is 1. The molecule has 5 nitrogen and oxygen atoms in total.